The molecule has 1 aromatic carbocycles. The summed E-state index contributed by atoms with van der Waals surface area (Å²) in [6.45, 7) is 1.76. The molecule has 1 aromatic rings. The van der Waals surface area contributed by atoms with E-state index in [0.29, 0.717) is 43.4 Å². The zero-order valence-corrected chi connectivity index (χ0v) is 14.9. The number of benzene rings is 1. The molecule has 0 unspecified atom stereocenters. The van der Waals surface area contributed by atoms with Crippen molar-refractivity contribution in [2.45, 2.75) is 43.4 Å². The summed E-state index contributed by atoms with van der Waals surface area (Å²) in [5, 5.41) is 0. The van der Waals surface area contributed by atoms with Gasteiger partial charge in [0.25, 0.3) is 0 Å². The fraction of sp³-hybridized carbons (Fsp3) is 0.611. The molecule has 0 bridgehead atoms. The Bertz CT molecular complexity index is 646. The Morgan fingerprint density at radius 3 is 2.21 bits per heavy atom. The van der Waals surface area contributed by atoms with Gasteiger partial charge in [0.1, 0.15) is 0 Å². The molecular formula is C18H26N2O3S. The first-order valence-corrected chi connectivity index (χ1v) is 10.3. The van der Waals surface area contributed by atoms with Crippen molar-refractivity contribution in [2.75, 3.05) is 26.2 Å². The van der Waals surface area contributed by atoms with E-state index in [9.17, 15) is 13.2 Å². The number of nitrogens with zero attached hydrogens (tertiary/aromatic N) is 2. The van der Waals surface area contributed by atoms with Crippen LogP contribution in [0.1, 0.15) is 38.5 Å². The second-order valence-corrected chi connectivity index (χ2v) is 8.74. The number of hydrogen-bond donors (Lipinski definition) is 0. The van der Waals surface area contributed by atoms with Crippen molar-refractivity contribution in [3.05, 3.63) is 30.3 Å². The minimum Gasteiger partial charge on any atom is -0.340 e. The molecule has 2 fully saturated rings. The molecular weight excluding hydrogens is 324 g/mol. The zero-order chi connectivity index (χ0) is 17.0. The van der Waals surface area contributed by atoms with Crippen LogP contribution in [0.5, 0.6) is 0 Å². The molecule has 0 atom stereocenters. The van der Waals surface area contributed by atoms with Crippen molar-refractivity contribution >= 4 is 15.9 Å². The second kappa shape index (κ2) is 7.66. The Kier molecular flexibility index (Phi) is 5.56. The highest BCUT2D eigenvalue weighted by Gasteiger charge is 2.30. The number of hydrogen-bond acceptors (Lipinski definition) is 3. The van der Waals surface area contributed by atoms with Crippen LogP contribution >= 0.6 is 0 Å². The average Bonchev–Trinajstić information content (AvgIpc) is 2.63. The Labute approximate surface area is 144 Å². The van der Waals surface area contributed by atoms with E-state index in [0.717, 1.165) is 12.8 Å². The lowest BCUT2D eigenvalue weighted by Crippen LogP contribution is -2.50. The standard InChI is InChI=1S/C18H26N2O3S/c21-18(15-16-7-3-1-4-8-16)19-11-13-20(14-12-19)24(22,23)17-9-5-2-6-10-17/h2,5-6,9-10,16H,1,3-4,7-8,11-15H2. The highest BCUT2D eigenvalue weighted by atomic mass is 32.2. The van der Waals surface area contributed by atoms with Gasteiger partial charge < -0.3 is 4.90 Å². The van der Waals surface area contributed by atoms with Crippen molar-refractivity contribution in [1.29, 1.82) is 0 Å². The molecule has 24 heavy (non-hydrogen) atoms. The quantitative estimate of drug-likeness (QED) is 0.838. The molecule has 2 aliphatic rings. The third-order valence-electron chi connectivity index (χ3n) is 5.16. The smallest absolute Gasteiger partial charge is 0.243 e. The highest BCUT2D eigenvalue weighted by molar-refractivity contribution is 7.89. The predicted octanol–water partition coefficient (Wildman–Crippen LogP) is 2.49. The molecule has 0 N–H and O–H groups in total. The van der Waals surface area contributed by atoms with Crippen molar-refractivity contribution in [2.24, 2.45) is 5.92 Å². The van der Waals surface area contributed by atoms with Gasteiger partial charge in [-0.05, 0) is 30.9 Å². The molecule has 3 rings (SSSR count). The predicted molar refractivity (Wildman–Crippen MR) is 93.0 cm³/mol. The summed E-state index contributed by atoms with van der Waals surface area (Å²) in [4.78, 5) is 14.6. The van der Waals surface area contributed by atoms with E-state index < -0.39 is 10.0 Å². The normalized spacial score (nSPS) is 20.9. The second-order valence-electron chi connectivity index (χ2n) is 6.81. The van der Waals surface area contributed by atoms with E-state index in [1.54, 1.807) is 30.3 Å². The Hall–Kier alpha value is -1.40. The van der Waals surface area contributed by atoms with Crippen molar-refractivity contribution in [1.82, 2.24) is 9.21 Å². The van der Waals surface area contributed by atoms with E-state index >= 15 is 0 Å². The van der Waals surface area contributed by atoms with E-state index in [-0.39, 0.29) is 5.91 Å². The molecule has 0 radical (unpaired) electrons. The third kappa shape index (κ3) is 3.98. The van der Waals surface area contributed by atoms with Crippen LogP contribution in [0.15, 0.2) is 35.2 Å². The number of rotatable bonds is 4. The van der Waals surface area contributed by atoms with Gasteiger partial charge in [-0.1, -0.05) is 37.5 Å². The van der Waals surface area contributed by atoms with Gasteiger partial charge in [0.15, 0.2) is 0 Å². The maximum absolute atomic E-state index is 12.6. The number of sulfonamides is 1. The molecule has 5 nitrogen and oxygen atoms in total. The summed E-state index contributed by atoms with van der Waals surface area (Å²) in [5.74, 6) is 0.719. The molecule has 1 heterocycles. The first-order valence-electron chi connectivity index (χ1n) is 8.90. The summed E-state index contributed by atoms with van der Waals surface area (Å²) in [6, 6.07) is 8.51. The summed E-state index contributed by atoms with van der Waals surface area (Å²) in [7, 11) is -3.44. The number of carbonyl (C=O) groups excluding carboxylic acids is 1. The van der Waals surface area contributed by atoms with Gasteiger partial charge in [-0.3, -0.25) is 4.79 Å². The SMILES string of the molecule is O=C(CC1CCCCC1)N1CCN(S(=O)(=O)c2ccccc2)CC1. The fourth-order valence-electron chi connectivity index (χ4n) is 3.69. The van der Waals surface area contributed by atoms with E-state index in [2.05, 4.69) is 0 Å². The number of carbonyl (C=O) groups is 1. The van der Waals surface area contributed by atoms with Crippen molar-refractivity contribution in [3.8, 4) is 0 Å². The minimum absolute atomic E-state index is 0.193. The van der Waals surface area contributed by atoms with Crippen LogP contribution in [0.3, 0.4) is 0 Å². The summed E-state index contributed by atoms with van der Waals surface area (Å²) in [5.41, 5.74) is 0. The molecule has 1 saturated heterocycles. The van der Waals surface area contributed by atoms with Crippen LogP contribution < -0.4 is 0 Å². The molecule has 0 spiro atoms. The van der Waals surface area contributed by atoms with Crippen LogP contribution in [0.4, 0.5) is 0 Å². The van der Waals surface area contributed by atoms with E-state index in [1.807, 2.05) is 4.90 Å². The largest absolute Gasteiger partial charge is 0.340 e. The molecule has 6 heteroatoms. The summed E-state index contributed by atoms with van der Waals surface area (Å²) < 4.78 is 26.7. The molecule has 1 aliphatic carbocycles. The highest BCUT2D eigenvalue weighted by Crippen LogP contribution is 2.27. The first kappa shape index (κ1) is 17.4. The van der Waals surface area contributed by atoms with Gasteiger partial charge >= 0.3 is 0 Å². The van der Waals surface area contributed by atoms with Crippen molar-refractivity contribution in [3.63, 3.8) is 0 Å². The van der Waals surface area contributed by atoms with Crippen LogP contribution in [0.25, 0.3) is 0 Å². The van der Waals surface area contributed by atoms with Gasteiger partial charge in [0.2, 0.25) is 15.9 Å². The fourth-order valence-corrected chi connectivity index (χ4v) is 5.13. The minimum atomic E-state index is -3.44. The van der Waals surface area contributed by atoms with E-state index in [4.69, 9.17) is 0 Å². The van der Waals surface area contributed by atoms with Crippen molar-refractivity contribution < 1.29 is 13.2 Å². The lowest BCUT2D eigenvalue weighted by atomic mass is 9.86. The molecule has 1 amide bonds. The van der Waals surface area contributed by atoms with Gasteiger partial charge in [0.05, 0.1) is 4.90 Å². The number of amides is 1. The number of piperazine rings is 1. The van der Waals surface area contributed by atoms with Crippen LogP contribution in [0, 0.1) is 5.92 Å². The Balaban J connectivity index is 1.54. The molecule has 1 saturated carbocycles. The van der Waals surface area contributed by atoms with E-state index in [1.165, 1.54) is 23.6 Å². The zero-order valence-electron chi connectivity index (χ0n) is 14.1. The molecule has 132 valence electrons. The van der Waals surface area contributed by atoms with Gasteiger partial charge in [-0.25, -0.2) is 8.42 Å². The topological polar surface area (TPSA) is 57.7 Å². The Morgan fingerprint density at radius 2 is 1.58 bits per heavy atom. The first-order chi connectivity index (χ1) is 11.6. The summed E-state index contributed by atoms with van der Waals surface area (Å²) in [6.07, 6.45) is 6.72. The lowest BCUT2D eigenvalue weighted by Gasteiger charge is -2.35. The Morgan fingerprint density at radius 1 is 0.958 bits per heavy atom. The molecule has 0 aromatic heterocycles. The lowest BCUT2D eigenvalue weighted by molar-refractivity contribution is -0.133. The summed E-state index contributed by atoms with van der Waals surface area (Å²) >= 11 is 0. The van der Waals surface area contributed by atoms with Gasteiger partial charge in [-0.2, -0.15) is 4.31 Å². The van der Waals surface area contributed by atoms with Crippen LogP contribution in [0.2, 0.25) is 0 Å². The van der Waals surface area contributed by atoms with Crippen LogP contribution in [-0.2, 0) is 14.8 Å². The maximum atomic E-state index is 12.6. The average molecular weight is 350 g/mol. The maximum Gasteiger partial charge on any atom is 0.243 e. The monoisotopic (exact) mass is 350 g/mol. The van der Waals surface area contributed by atoms with Gasteiger partial charge in [0, 0.05) is 32.6 Å². The van der Waals surface area contributed by atoms with Crippen LogP contribution in [-0.4, -0.2) is 49.7 Å². The molecule has 1 aliphatic heterocycles. The van der Waals surface area contributed by atoms with Gasteiger partial charge in [-0.15, -0.1) is 0 Å². The third-order valence-corrected chi connectivity index (χ3v) is 7.07.